The second kappa shape index (κ2) is 6.89. The van der Waals surface area contributed by atoms with Crippen LogP contribution in [0.3, 0.4) is 0 Å². The average Bonchev–Trinajstić information content (AvgIpc) is 3.11. The van der Waals surface area contributed by atoms with Gasteiger partial charge in [-0.3, -0.25) is 9.89 Å². The molecule has 0 bridgehead atoms. The van der Waals surface area contributed by atoms with Crippen molar-refractivity contribution < 1.29 is 4.79 Å². The van der Waals surface area contributed by atoms with Gasteiger partial charge in [0, 0.05) is 11.9 Å². The lowest BCUT2D eigenvalue weighted by Crippen LogP contribution is -2.37. The van der Waals surface area contributed by atoms with Crippen LogP contribution in [0.25, 0.3) is 11.3 Å². The summed E-state index contributed by atoms with van der Waals surface area (Å²) in [5.41, 5.74) is 9.69. The van der Waals surface area contributed by atoms with E-state index < -0.39 is 6.04 Å². The third-order valence-corrected chi connectivity index (χ3v) is 3.60. The standard InChI is InChI=1S/C18H18N4O/c19-16(12-13-4-2-1-3-5-13)18(23)21-15-8-6-14(7-9-15)17-10-11-20-22-17/h1-11,16H,12,19H2,(H,20,22)(H,21,23). The van der Waals surface area contributed by atoms with Gasteiger partial charge in [-0.05, 0) is 35.7 Å². The van der Waals surface area contributed by atoms with Crippen molar-refractivity contribution in [3.8, 4) is 11.3 Å². The van der Waals surface area contributed by atoms with Gasteiger partial charge in [-0.15, -0.1) is 0 Å². The normalized spacial score (nSPS) is 11.9. The minimum absolute atomic E-state index is 0.192. The Morgan fingerprint density at radius 2 is 1.83 bits per heavy atom. The number of aromatic amines is 1. The second-order valence-electron chi connectivity index (χ2n) is 5.33. The number of carbonyl (C=O) groups excluding carboxylic acids is 1. The quantitative estimate of drug-likeness (QED) is 0.677. The lowest BCUT2D eigenvalue weighted by Gasteiger charge is -2.12. The zero-order chi connectivity index (χ0) is 16.1. The molecule has 2 aromatic carbocycles. The van der Waals surface area contributed by atoms with E-state index in [0.29, 0.717) is 6.42 Å². The van der Waals surface area contributed by atoms with Gasteiger partial charge >= 0.3 is 0 Å². The number of hydrogen-bond donors (Lipinski definition) is 3. The SMILES string of the molecule is NC(Cc1ccccc1)C(=O)Nc1ccc(-c2ccn[nH]2)cc1. The number of carbonyl (C=O) groups is 1. The van der Waals surface area contributed by atoms with Gasteiger partial charge in [0.2, 0.25) is 5.91 Å². The van der Waals surface area contributed by atoms with Crippen LogP contribution in [-0.2, 0) is 11.2 Å². The van der Waals surface area contributed by atoms with E-state index in [9.17, 15) is 4.79 Å². The van der Waals surface area contributed by atoms with Crippen LogP contribution >= 0.6 is 0 Å². The number of amides is 1. The van der Waals surface area contributed by atoms with E-state index in [0.717, 1.165) is 22.5 Å². The molecule has 0 spiro atoms. The Labute approximate surface area is 134 Å². The van der Waals surface area contributed by atoms with Crippen molar-refractivity contribution in [3.05, 3.63) is 72.4 Å². The molecule has 0 aliphatic heterocycles. The predicted molar refractivity (Wildman–Crippen MR) is 90.8 cm³/mol. The molecule has 0 saturated heterocycles. The van der Waals surface area contributed by atoms with E-state index in [1.54, 1.807) is 6.20 Å². The maximum Gasteiger partial charge on any atom is 0.241 e. The van der Waals surface area contributed by atoms with Gasteiger partial charge in [-0.25, -0.2) is 0 Å². The Kier molecular flexibility index (Phi) is 4.49. The molecule has 1 heterocycles. The summed E-state index contributed by atoms with van der Waals surface area (Å²) < 4.78 is 0. The van der Waals surface area contributed by atoms with Crippen molar-refractivity contribution in [2.45, 2.75) is 12.5 Å². The molecule has 1 amide bonds. The zero-order valence-electron chi connectivity index (χ0n) is 12.6. The smallest absolute Gasteiger partial charge is 0.241 e. The fourth-order valence-electron chi connectivity index (χ4n) is 2.35. The monoisotopic (exact) mass is 306 g/mol. The molecule has 0 saturated carbocycles. The van der Waals surface area contributed by atoms with Crippen molar-refractivity contribution in [1.82, 2.24) is 10.2 Å². The molecule has 0 radical (unpaired) electrons. The number of aromatic nitrogens is 2. The molecule has 1 atom stereocenters. The zero-order valence-corrected chi connectivity index (χ0v) is 12.6. The third kappa shape index (κ3) is 3.84. The second-order valence-corrected chi connectivity index (χ2v) is 5.33. The molecule has 3 aromatic rings. The number of nitrogens with two attached hydrogens (primary N) is 1. The first-order chi connectivity index (χ1) is 11.2. The summed E-state index contributed by atoms with van der Waals surface area (Å²) in [6, 6.07) is 18.6. The first-order valence-corrected chi connectivity index (χ1v) is 7.42. The van der Waals surface area contributed by atoms with Gasteiger partial charge in [-0.2, -0.15) is 5.10 Å². The first kappa shape index (κ1) is 15.0. The maximum absolute atomic E-state index is 12.2. The number of benzene rings is 2. The molecule has 5 nitrogen and oxygen atoms in total. The van der Waals surface area contributed by atoms with Crippen LogP contribution in [0, 0.1) is 0 Å². The molecule has 3 rings (SSSR count). The Bertz CT molecular complexity index is 751. The van der Waals surface area contributed by atoms with Gasteiger partial charge in [0.25, 0.3) is 0 Å². The number of rotatable bonds is 5. The molecule has 116 valence electrons. The predicted octanol–water partition coefficient (Wildman–Crippen LogP) is 2.59. The highest BCUT2D eigenvalue weighted by Gasteiger charge is 2.14. The molecular formula is C18H18N4O. The van der Waals surface area contributed by atoms with E-state index >= 15 is 0 Å². The van der Waals surface area contributed by atoms with Gasteiger partial charge < -0.3 is 11.1 Å². The number of hydrogen-bond acceptors (Lipinski definition) is 3. The van der Waals surface area contributed by atoms with Crippen LogP contribution in [0.4, 0.5) is 5.69 Å². The summed E-state index contributed by atoms with van der Waals surface area (Å²) in [7, 11) is 0. The van der Waals surface area contributed by atoms with Gasteiger partial charge in [0.15, 0.2) is 0 Å². The first-order valence-electron chi connectivity index (χ1n) is 7.42. The van der Waals surface area contributed by atoms with E-state index in [-0.39, 0.29) is 5.91 Å². The Morgan fingerprint density at radius 1 is 1.09 bits per heavy atom. The minimum atomic E-state index is -0.579. The van der Waals surface area contributed by atoms with Crippen LogP contribution in [-0.4, -0.2) is 22.1 Å². The average molecular weight is 306 g/mol. The number of H-pyrrole nitrogens is 1. The summed E-state index contributed by atoms with van der Waals surface area (Å²) in [6.45, 7) is 0. The molecule has 5 heteroatoms. The molecule has 1 unspecified atom stereocenters. The number of anilines is 1. The van der Waals surface area contributed by atoms with Crippen LogP contribution in [0.1, 0.15) is 5.56 Å². The number of nitrogens with one attached hydrogen (secondary N) is 2. The topological polar surface area (TPSA) is 83.8 Å². The number of nitrogens with zero attached hydrogens (tertiary/aromatic N) is 1. The van der Waals surface area contributed by atoms with Crippen molar-refractivity contribution in [2.75, 3.05) is 5.32 Å². The van der Waals surface area contributed by atoms with Crippen molar-refractivity contribution in [1.29, 1.82) is 0 Å². The Balaban J connectivity index is 1.61. The summed E-state index contributed by atoms with van der Waals surface area (Å²) in [4.78, 5) is 12.2. The summed E-state index contributed by atoms with van der Waals surface area (Å²) in [6.07, 6.45) is 2.21. The van der Waals surface area contributed by atoms with Crippen molar-refractivity contribution >= 4 is 11.6 Å². The fraction of sp³-hybridized carbons (Fsp3) is 0.111. The van der Waals surface area contributed by atoms with Crippen LogP contribution in [0.15, 0.2) is 66.9 Å². The molecule has 0 fully saturated rings. The lowest BCUT2D eigenvalue weighted by molar-refractivity contribution is -0.117. The van der Waals surface area contributed by atoms with Crippen LogP contribution in [0.5, 0.6) is 0 Å². The van der Waals surface area contributed by atoms with E-state index in [1.807, 2.05) is 60.7 Å². The van der Waals surface area contributed by atoms with Crippen molar-refractivity contribution in [2.24, 2.45) is 5.73 Å². The van der Waals surface area contributed by atoms with E-state index in [1.165, 1.54) is 0 Å². The van der Waals surface area contributed by atoms with E-state index in [2.05, 4.69) is 15.5 Å². The minimum Gasteiger partial charge on any atom is -0.325 e. The van der Waals surface area contributed by atoms with Gasteiger partial charge in [0.1, 0.15) is 0 Å². The molecular weight excluding hydrogens is 288 g/mol. The van der Waals surface area contributed by atoms with Gasteiger partial charge in [0.05, 0.1) is 11.7 Å². The third-order valence-electron chi connectivity index (χ3n) is 3.60. The Hall–Kier alpha value is -2.92. The highest BCUT2D eigenvalue weighted by atomic mass is 16.2. The summed E-state index contributed by atoms with van der Waals surface area (Å²) >= 11 is 0. The fourth-order valence-corrected chi connectivity index (χ4v) is 2.35. The Morgan fingerprint density at radius 3 is 2.48 bits per heavy atom. The maximum atomic E-state index is 12.2. The molecule has 0 aliphatic rings. The van der Waals surface area contributed by atoms with Crippen molar-refractivity contribution in [3.63, 3.8) is 0 Å². The highest BCUT2D eigenvalue weighted by Crippen LogP contribution is 2.19. The highest BCUT2D eigenvalue weighted by molar-refractivity contribution is 5.95. The largest absolute Gasteiger partial charge is 0.325 e. The molecule has 1 aromatic heterocycles. The molecule has 23 heavy (non-hydrogen) atoms. The lowest BCUT2D eigenvalue weighted by atomic mass is 10.1. The van der Waals surface area contributed by atoms with Crippen LogP contribution in [0.2, 0.25) is 0 Å². The molecule has 0 aliphatic carbocycles. The van der Waals surface area contributed by atoms with E-state index in [4.69, 9.17) is 5.73 Å². The summed E-state index contributed by atoms with van der Waals surface area (Å²) in [5, 5.41) is 9.67. The van der Waals surface area contributed by atoms with Gasteiger partial charge in [-0.1, -0.05) is 42.5 Å². The molecule has 4 N–H and O–H groups in total. The summed E-state index contributed by atoms with van der Waals surface area (Å²) in [5.74, 6) is -0.192. The van der Waals surface area contributed by atoms with Crippen LogP contribution < -0.4 is 11.1 Å².